The van der Waals surface area contributed by atoms with Crippen LogP contribution in [0.25, 0.3) is 0 Å². The number of alkyl halides is 3. The maximum absolute atomic E-state index is 12.7. The summed E-state index contributed by atoms with van der Waals surface area (Å²) in [5.41, 5.74) is -5.63. The average molecular weight is 387 g/mol. The molecule has 0 fully saturated rings. The fourth-order valence-corrected chi connectivity index (χ4v) is 3.19. The molecule has 25 heavy (non-hydrogen) atoms. The molecule has 6 nitrogen and oxygen atoms in total. The third-order valence-electron chi connectivity index (χ3n) is 3.97. The molecule has 1 aliphatic rings. The third-order valence-corrected chi connectivity index (χ3v) is 4.95. The van der Waals surface area contributed by atoms with Crippen LogP contribution in [0.2, 0.25) is 0 Å². The van der Waals surface area contributed by atoms with Crippen LogP contribution in [0, 0.1) is 0 Å². The van der Waals surface area contributed by atoms with Gasteiger partial charge in [-0.1, -0.05) is 32.6 Å². The van der Waals surface area contributed by atoms with Gasteiger partial charge in [0, 0.05) is 6.42 Å². The second kappa shape index (κ2) is 9.42. The van der Waals surface area contributed by atoms with Gasteiger partial charge in [-0.3, -0.25) is 5.21 Å². The van der Waals surface area contributed by atoms with Gasteiger partial charge >= 0.3 is 15.6 Å². The van der Waals surface area contributed by atoms with Crippen molar-refractivity contribution >= 4 is 16.4 Å². The number of hydrogen-bond donors (Lipinski definition) is 1. The summed E-state index contributed by atoms with van der Waals surface area (Å²) in [6, 6.07) is -0.965. The van der Waals surface area contributed by atoms with E-state index in [9.17, 15) is 31.6 Å². The second-order valence-electron chi connectivity index (χ2n) is 5.96. The van der Waals surface area contributed by atoms with Crippen LogP contribution in [0.3, 0.4) is 0 Å². The van der Waals surface area contributed by atoms with E-state index in [0.29, 0.717) is 37.0 Å². The Labute approximate surface area is 145 Å². The van der Waals surface area contributed by atoms with Crippen molar-refractivity contribution < 1.29 is 35.8 Å². The minimum Gasteiger partial charge on any atom is -0.379 e. The molecule has 0 aromatic carbocycles. The molecule has 0 spiro atoms. The van der Waals surface area contributed by atoms with Gasteiger partial charge < -0.3 is 8.98 Å². The number of hydroxylamine groups is 2. The smallest absolute Gasteiger partial charge is 0.379 e. The van der Waals surface area contributed by atoms with Gasteiger partial charge in [0.1, 0.15) is 18.1 Å². The quantitative estimate of drug-likeness (QED) is 0.309. The van der Waals surface area contributed by atoms with Crippen LogP contribution in [0.15, 0.2) is 11.5 Å². The van der Waals surface area contributed by atoms with Gasteiger partial charge in [0.15, 0.2) is 0 Å². The van der Waals surface area contributed by atoms with Gasteiger partial charge in [-0.2, -0.15) is 21.6 Å². The predicted octanol–water partition coefficient (Wildman–Crippen LogP) is 3.87. The van der Waals surface area contributed by atoms with Crippen molar-refractivity contribution in [3.05, 3.63) is 11.5 Å². The molecule has 0 aromatic heterocycles. The zero-order chi connectivity index (χ0) is 19.1. The molecule has 0 heterocycles. The molecular formula is C15H24F3NO5S. The molecule has 1 rings (SSSR count). The topological polar surface area (TPSA) is 83.9 Å². The van der Waals surface area contributed by atoms with Crippen molar-refractivity contribution in [1.82, 2.24) is 5.06 Å². The Bertz CT molecular complexity index is 574. The SMILES string of the molecule is CCCC(C=O)N(O)/C1=C(\OS(=O)(=O)C(F)(F)F)CCCCCCC1. The van der Waals surface area contributed by atoms with E-state index >= 15 is 0 Å². The van der Waals surface area contributed by atoms with Gasteiger partial charge in [-0.15, -0.1) is 0 Å². The number of allylic oxidation sites excluding steroid dienone is 2. The van der Waals surface area contributed by atoms with Crippen LogP contribution in [-0.2, 0) is 19.1 Å². The Morgan fingerprint density at radius 2 is 1.76 bits per heavy atom. The fourth-order valence-electron chi connectivity index (χ4n) is 2.65. The molecular weight excluding hydrogens is 363 g/mol. The lowest BCUT2D eigenvalue weighted by molar-refractivity contribution is -0.133. The van der Waals surface area contributed by atoms with E-state index in [-0.39, 0.29) is 25.0 Å². The van der Waals surface area contributed by atoms with Gasteiger partial charge in [-0.25, -0.2) is 5.06 Å². The zero-order valence-corrected chi connectivity index (χ0v) is 14.9. The minimum atomic E-state index is -5.83. The van der Waals surface area contributed by atoms with E-state index in [1.165, 1.54) is 0 Å². The van der Waals surface area contributed by atoms with Crippen molar-refractivity contribution in [2.24, 2.45) is 0 Å². The summed E-state index contributed by atoms with van der Waals surface area (Å²) in [7, 11) is -5.83. The van der Waals surface area contributed by atoms with Crippen LogP contribution >= 0.6 is 0 Å². The van der Waals surface area contributed by atoms with E-state index in [4.69, 9.17) is 0 Å². The highest BCUT2D eigenvalue weighted by atomic mass is 32.2. The van der Waals surface area contributed by atoms with Crippen LogP contribution in [0.5, 0.6) is 0 Å². The van der Waals surface area contributed by atoms with Gasteiger partial charge in [0.25, 0.3) is 0 Å². The highest BCUT2D eigenvalue weighted by Gasteiger charge is 2.49. The van der Waals surface area contributed by atoms with Crippen LogP contribution < -0.4 is 0 Å². The van der Waals surface area contributed by atoms with Gasteiger partial charge in [0.2, 0.25) is 0 Å². The number of rotatable bonds is 7. The van der Waals surface area contributed by atoms with Gasteiger partial charge in [-0.05, 0) is 25.7 Å². The predicted molar refractivity (Wildman–Crippen MR) is 83.8 cm³/mol. The summed E-state index contributed by atoms with van der Waals surface area (Å²) in [6.07, 6.45) is 4.73. The van der Waals surface area contributed by atoms with Crippen molar-refractivity contribution in [2.45, 2.75) is 76.3 Å². The first-order valence-electron chi connectivity index (χ1n) is 8.30. The summed E-state index contributed by atoms with van der Waals surface area (Å²) in [4.78, 5) is 11.2. The number of aldehydes is 1. The summed E-state index contributed by atoms with van der Waals surface area (Å²) >= 11 is 0. The zero-order valence-electron chi connectivity index (χ0n) is 14.1. The van der Waals surface area contributed by atoms with E-state index in [0.717, 1.165) is 12.8 Å². The van der Waals surface area contributed by atoms with Crippen LogP contribution in [0.4, 0.5) is 13.2 Å². The van der Waals surface area contributed by atoms with Gasteiger partial charge in [0.05, 0.1) is 5.70 Å². The van der Waals surface area contributed by atoms with Crippen molar-refractivity contribution in [1.29, 1.82) is 0 Å². The Morgan fingerprint density at radius 3 is 2.28 bits per heavy atom. The number of carbonyl (C=O) groups is 1. The largest absolute Gasteiger partial charge is 0.534 e. The molecule has 1 aliphatic carbocycles. The van der Waals surface area contributed by atoms with E-state index < -0.39 is 27.4 Å². The maximum Gasteiger partial charge on any atom is 0.534 e. The maximum atomic E-state index is 12.7. The standard InChI is InChI=1S/C15H24F3NO5S/c1-2-8-12(11-20)19(21)13-9-6-4-3-5-7-10-14(13)24-25(22,23)15(16,17)18/h11-12,21H,2-10H2,1H3/b14-13-. The third kappa shape index (κ3) is 6.18. The van der Waals surface area contributed by atoms with Crippen LogP contribution in [0.1, 0.15) is 64.7 Å². The number of carbonyl (C=O) groups excluding carboxylic acids is 1. The summed E-state index contributed by atoms with van der Waals surface area (Å²) in [6.45, 7) is 1.79. The monoisotopic (exact) mass is 387 g/mol. The fraction of sp³-hybridized carbons (Fsp3) is 0.800. The molecule has 0 saturated carbocycles. The minimum absolute atomic E-state index is 0.0561. The molecule has 146 valence electrons. The van der Waals surface area contributed by atoms with E-state index in [1.807, 2.05) is 0 Å². The average Bonchev–Trinajstić information content (AvgIpc) is 2.63. The molecule has 0 bridgehead atoms. The lowest BCUT2D eigenvalue weighted by atomic mass is 10.1. The Hall–Kier alpha value is -1.29. The summed E-state index contributed by atoms with van der Waals surface area (Å²) in [5, 5.41) is 10.9. The Kier molecular flexibility index (Phi) is 8.20. The molecule has 0 radical (unpaired) electrons. The van der Waals surface area contributed by atoms with Crippen molar-refractivity contribution in [3.63, 3.8) is 0 Å². The molecule has 1 unspecified atom stereocenters. The number of nitrogens with zero attached hydrogens (tertiary/aromatic N) is 1. The highest BCUT2D eigenvalue weighted by molar-refractivity contribution is 7.87. The lowest BCUT2D eigenvalue weighted by Crippen LogP contribution is -2.35. The molecule has 10 heteroatoms. The normalized spacial score (nSPS) is 21.6. The first-order valence-corrected chi connectivity index (χ1v) is 9.71. The Balaban J connectivity index is 3.26. The van der Waals surface area contributed by atoms with Crippen molar-refractivity contribution in [2.75, 3.05) is 0 Å². The van der Waals surface area contributed by atoms with Crippen molar-refractivity contribution in [3.8, 4) is 0 Å². The Morgan fingerprint density at radius 1 is 1.20 bits per heavy atom. The van der Waals surface area contributed by atoms with E-state index in [1.54, 1.807) is 6.92 Å². The summed E-state index contributed by atoms with van der Waals surface area (Å²) in [5.74, 6) is -0.440. The number of halogens is 3. The first-order chi connectivity index (χ1) is 11.6. The molecule has 0 aromatic rings. The number of hydrogen-bond acceptors (Lipinski definition) is 6. The summed E-state index contributed by atoms with van der Waals surface area (Å²) < 4.78 is 65.1. The molecule has 1 atom stereocenters. The second-order valence-corrected chi connectivity index (χ2v) is 7.50. The lowest BCUT2D eigenvalue weighted by Gasteiger charge is -2.28. The molecule has 1 N–H and O–H groups in total. The molecule has 0 aliphatic heterocycles. The van der Waals surface area contributed by atoms with E-state index in [2.05, 4.69) is 4.18 Å². The molecule has 0 saturated heterocycles. The molecule has 0 amide bonds. The van der Waals surface area contributed by atoms with Crippen LogP contribution in [-0.4, -0.2) is 36.5 Å². The first kappa shape index (κ1) is 21.8. The highest BCUT2D eigenvalue weighted by Crippen LogP contribution is 2.32.